The van der Waals surface area contributed by atoms with Gasteiger partial charge in [0, 0.05) is 0 Å². The summed E-state index contributed by atoms with van der Waals surface area (Å²) < 4.78 is 5.34. The molecule has 2 aromatic carbocycles. The molecule has 0 aliphatic rings. The van der Waals surface area contributed by atoms with Gasteiger partial charge in [-0.25, -0.2) is 14.4 Å². The summed E-state index contributed by atoms with van der Waals surface area (Å²) in [5.74, 6) is -4.60. The molecule has 0 atom stereocenters. The van der Waals surface area contributed by atoms with Crippen molar-refractivity contribution in [1.29, 1.82) is 0 Å². The molecule has 2 aromatic rings. The molecule has 0 spiro atoms. The molecular weight excluding hydrogens is 292 g/mol. The van der Waals surface area contributed by atoms with Crippen LogP contribution in [-0.2, 0) is 0 Å². The molecule has 0 saturated heterocycles. The normalized spacial score (nSPS) is 10.0. The van der Waals surface area contributed by atoms with Gasteiger partial charge in [0.15, 0.2) is 5.75 Å². The number of carboxylic acid groups (broad SMARTS) is 3. The van der Waals surface area contributed by atoms with Crippen LogP contribution in [0.25, 0.3) is 0 Å². The Kier molecular flexibility index (Phi) is 4.08. The van der Waals surface area contributed by atoms with Gasteiger partial charge in [0.25, 0.3) is 0 Å². The predicted molar refractivity (Wildman–Crippen MR) is 73.8 cm³/mol. The number of benzene rings is 2. The van der Waals surface area contributed by atoms with E-state index in [-0.39, 0.29) is 5.75 Å². The average Bonchev–Trinajstić information content (AvgIpc) is 2.47. The number of hydrogen-bond acceptors (Lipinski definition) is 4. The number of rotatable bonds is 5. The minimum Gasteiger partial charge on any atom is -0.478 e. The fourth-order valence-corrected chi connectivity index (χ4v) is 1.79. The van der Waals surface area contributed by atoms with Gasteiger partial charge in [-0.1, -0.05) is 18.2 Å². The summed E-state index contributed by atoms with van der Waals surface area (Å²) in [6.45, 7) is 0. The minimum absolute atomic E-state index is 0.232. The Morgan fingerprint density at radius 3 is 1.68 bits per heavy atom. The molecule has 0 heterocycles. The van der Waals surface area contributed by atoms with Crippen LogP contribution in [0.3, 0.4) is 0 Å². The van der Waals surface area contributed by atoms with Crippen LogP contribution in [0, 0.1) is 0 Å². The maximum Gasteiger partial charge on any atom is 0.339 e. The smallest absolute Gasteiger partial charge is 0.339 e. The van der Waals surface area contributed by atoms with Crippen molar-refractivity contribution in [3.8, 4) is 11.5 Å². The maximum atomic E-state index is 11.3. The van der Waals surface area contributed by atoms with Gasteiger partial charge in [0.2, 0.25) is 0 Å². The zero-order valence-corrected chi connectivity index (χ0v) is 11.0. The first-order valence-corrected chi connectivity index (χ1v) is 6.01. The average molecular weight is 302 g/mol. The summed E-state index contributed by atoms with van der Waals surface area (Å²) in [7, 11) is 0. The zero-order chi connectivity index (χ0) is 16.3. The number of hydrogen-bond donors (Lipinski definition) is 3. The minimum atomic E-state index is -1.49. The lowest BCUT2D eigenvalue weighted by Crippen LogP contribution is -2.10. The lowest BCUT2D eigenvalue weighted by atomic mass is 10.0. The fourth-order valence-electron chi connectivity index (χ4n) is 1.79. The van der Waals surface area contributed by atoms with Crippen LogP contribution < -0.4 is 4.74 Å². The Bertz CT molecular complexity index is 715. The van der Waals surface area contributed by atoms with E-state index >= 15 is 0 Å². The third-order valence-electron chi connectivity index (χ3n) is 2.76. The highest BCUT2D eigenvalue weighted by molar-refractivity contribution is 6.02. The van der Waals surface area contributed by atoms with E-state index in [0.717, 1.165) is 12.1 Å². The summed E-state index contributed by atoms with van der Waals surface area (Å²) in [5.41, 5.74) is -1.53. The molecule has 0 aliphatic carbocycles. The van der Waals surface area contributed by atoms with Crippen molar-refractivity contribution in [1.82, 2.24) is 0 Å². The van der Waals surface area contributed by atoms with E-state index in [9.17, 15) is 24.6 Å². The molecule has 0 saturated carbocycles. The summed E-state index contributed by atoms with van der Waals surface area (Å²) in [6.07, 6.45) is 0. The molecule has 0 amide bonds. The van der Waals surface area contributed by atoms with Crippen molar-refractivity contribution in [2.75, 3.05) is 0 Å². The molecule has 0 bridgehead atoms. The van der Waals surface area contributed by atoms with E-state index in [1.165, 1.54) is 12.1 Å². The van der Waals surface area contributed by atoms with Gasteiger partial charge in [-0.3, -0.25) is 0 Å². The maximum absolute atomic E-state index is 11.3. The zero-order valence-electron chi connectivity index (χ0n) is 11.0. The van der Waals surface area contributed by atoms with Gasteiger partial charge in [0.05, 0.1) is 5.56 Å². The van der Waals surface area contributed by atoms with Gasteiger partial charge in [-0.05, 0) is 24.3 Å². The highest BCUT2D eigenvalue weighted by Gasteiger charge is 2.24. The Morgan fingerprint density at radius 1 is 0.773 bits per heavy atom. The lowest BCUT2D eigenvalue weighted by Gasteiger charge is -2.12. The third kappa shape index (κ3) is 3.04. The first-order chi connectivity index (χ1) is 10.4. The van der Waals surface area contributed by atoms with Crippen molar-refractivity contribution >= 4 is 17.9 Å². The highest BCUT2D eigenvalue weighted by Crippen LogP contribution is 2.31. The van der Waals surface area contributed by atoms with Crippen molar-refractivity contribution in [2.24, 2.45) is 0 Å². The molecule has 3 N–H and O–H groups in total. The molecule has 22 heavy (non-hydrogen) atoms. The van der Waals surface area contributed by atoms with Crippen molar-refractivity contribution in [3.05, 3.63) is 59.2 Å². The molecular formula is C15H10O7. The van der Waals surface area contributed by atoms with E-state index < -0.39 is 40.3 Å². The molecule has 7 heteroatoms. The summed E-state index contributed by atoms with van der Waals surface area (Å²) in [4.78, 5) is 33.6. The standard InChI is InChI=1S/C15H10O7/c16-13(17)8-6-10(14(18)19)12(11(7-8)15(20)21)22-9-4-2-1-3-5-9/h1-7H,(H,16,17)(H,18,19)(H,20,21). The van der Waals surface area contributed by atoms with Crippen molar-refractivity contribution in [2.45, 2.75) is 0 Å². The molecule has 0 fully saturated rings. The van der Waals surface area contributed by atoms with Gasteiger partial charge in [-0.15, -0.1) is 0 Å². The number of ether oxygens (including phenoxy) is 1. The molecule has 0 radical (unpaired) electrons. The Balaban J connectivity index is 2.66. The summed E-state index contributed by atoms with van der Waals surface area (Å²) in [5, 5.41) is 27.3. The monoisotopic (exact) mass is 302 g/mol. The molecule has 0 unspecified atom stereocenters. The quantitative estimate of drug-likeness (QED) is 0.776. The molecule has 0 aliphatic heterocycles. The predicted octanol–water partition coefficient (Wildman–Crippen LogP) is 2.57. The Labute approximate surface area is 124 Å². The fraction of sp³-hybridized carbons (Fsp3) is 0. The van der Waals surface area contributed by atoms with Crippen LogP contribution in [0.15, 0.2) is 42.5 Å². The van der Waals surface area contributed by atoms with Gasteiger partial charge < -0.3 is 20.1 Å². The van der Waals surface area contributed by atoms with Gasteiger partial charge >= 0.3 is 17.9 Å². The topological polar surface area (TPSA) is 121 Å². The Hall–Kier alpha value is -3.35. The van der Waals surface area contributed by atoms with Crippen LogP contribution in [0.1, 0.15) is 31.1 Å². The van der Waals surface area contributed by atoms with Gasteiger partial charge in [-0.2, -0.15) is 0 Å². The first kappa shape index (κ1) is 15.0. The summed E-state index contributed by atoms with van der Waals surface area (Å²) >= 11 is 0. The van der Waals surface area contributed by atoms with E-state index in [2.05, 4.69) is 0 Å². The number of carboxylic acids is 3. The van der Waals surface area contributed by atoms with E-state index in [4.69, 9.17) is 9.84 Å². The van der Waals surface area contributed by atoms with Gasteiger partial charge in [0.1, 0.15) is 16.9 Å². The van der Waals surface area contributed by atoms with Crippen LogP contribution in [-0.4, -0.2) is 33.2 Å². The SMILES string of the molecule is O=C(O)c1cc(C(=O)O)c(Oc2ccccc2)c(C(=O)O)c1. The molecule has 112 valence electrons. The molecule has 2 rings (SSSR count). The van der Waals surface area contributed by atoms with Crippen molar-refractivity contribution in [3.63, 3.8) is 0 Å². The van der Waals surface area contributed by atoms with E-state index in [1.54, 1.807) is 18.2 Å². The molecule has 0 aromatic heterocycles. The van der Waals surface area contributed by atoms with E-state index in [0.29, 0.717) is 0 Å². The first-order valence-electron chi connectivity index (χ1n) is 6.01. The van der Waals surface area contributed by atoms with Crippen LogP contribution >= 0.6 is 0 Å². The highest BCUT2D eigenvalue weighted by atomic mass is 16.5. The third-order valence-corrected chi connectivity index (χ3v) is 2.76. The number of para-hydroxylation sites is 1. The van der Waals surface area contributed by atoms with E-state index in [1.807, 2.05) is 0 Å². The second-order valence-electron chi connectivity index (χ2n) is 4.23. The second-order valence-corrected chi connectivity index (χ2v) is 4.23. The largest absolute Gasteiger partial charge is 0.478 e. The van der Waals surface area contributed by atoms with Crippen LogP contribution in [0.4, 0.5) is 0 Å². The Morgan fingerprint density at radius 2 is 1.27 bits per heavy atom. The summed E-state index contributed by atoms with van der Waals surface area (Å²) in [6, 6.07) is 9.70. The van der Waals surface area contributed by atoms with Crippen molar-refractivity contribution < 1.29 is 34.4 Å². The van der Waals surface area contributed by atoms with Crippen LogP contribution in [0.5, 0.6) is 11.5 Å². The number of aromatic carboxylic acids is 3. The van der Waals surface area contributed by atoms with Crippen LogP contribution in [0.2, 0.25) is 0 Å². The number of carbonyl (C=O) groups is 3. The second kappa shape index (κ2) is 5.96. The lowest BCUT2D eigenvalue weighted by molar-refractivity contribution is 0.0692. The molecule has 7 nitrogen and oxygen atoms in total.